The first-order chi connectivity index (χ1) is 33.4. The average Bonchev–Trinajstić information content (AvgIpc) is 3.94. The van der Waals surface area contributed by atoms with Gasteiger partial charge in [-0.3, -0.25) is 0 Å². The van der Waals surface area contributed by atoms with E-state index in [1.165, 1.54) is 38.6 Å². The SMILES string of the molecule is CC(C)(C)c1cc(-c2cccc3cccc(-c4ccccc4N(c4cccc(-c5ccc6oc7ccccc7c6c5)c4)c4cccc(-c5ccc6oc7ccccc7c6c5)c4)c23)cc(C(C)(C)C)c1. The number of benzene rings is 10. The van der Waals surface area contributed by atoms with Crippen molar-refractivity contribution < 1.29 is 8.83 Å². The van der Waals surface area contributed by atoms with Crippen molar-refractivity contribution in [3.8, 4) is 44.5 Å². The number of nitrogens with zero attached hydrogens (tertiary/aromatic N) is 1. The van der Waals surface area contributed by atoms with Crippen LogP contribution in [0.25, 0.3) is 99.2 Å². The molecule has 10 aromatic carbocycles. The fourth-order valence-corrected chi connectivity index (χ4v) is 10.2. The van der Waals surface area contributed by atoms with Gasteiger partial charge in [0.2, 0.25) is 0 Å². The summed E-state index contributed by atoms with van der Waals surface area (Å²) in [5.41, 5.74) is 18.7. The van der Waals surface area contributed by atoms with Gasteiger partial charge in [-0.1, -0.05) is 187 Å². The summed E-state index contributed by atoms with van der Waals surface area (Å²) in [7, 11) is 0. The number of fused-ring (bicyclic) bond motifs is 7. The highest BCUT2D eigenvalue weighted by Gasteiger charge is 2.24. The molecule has 0 radical (unpaired) electrons. The van der Waals surface area contributed by atoms with E-state index in [1.807, 2.05) is 24.3 Å². The van der Waals surface area contributed by atoms with E-state index in [4.69, 9.17) is 8.83 Å². The molecule has 0 aliphatic heterocycles. The molecule has 0 unspecified atom stereocenters. The highest BCUT2D eigenvalue weighted by molar-refractivity contribution is 6.10. The van der Waals surface area contributed by atoms with Crippen LogP contribution in [0, 0.1) is 0 Å². The summed E-state index contributed by atoms with van der Waals surface area (Å²) in [6, 6.07) is 77.4. The van der Waals surface area contributed by atoms with Crippen molar-refractivity contribution in [2.45, 2.75) is 52.4 Å². The topological polar surface area (TPSA) is 29.5 Å². The van der Waals surface area contributed by atoms with Crippen LogP contribution in [-0.4, -0.2) is 0 Å². The molecule has 0 fully saturated rings. The Morgan fingerprint density at radius 3 is 1.32 bits per heavy atom. The van der Waals surface area contributed by atoms with Crippen LogP contribution in [-0.2, 0) is 10.8 Å². The summed E-state index contributed by atoms with van der Waals surface area (Å²) in [6.07, 6.45) is 0. The molecule has 0 aliphatic rings. The molecule has 2 heterocycles. The fourth-order valence-electron chi connectivity index (χ4n) is 10.2. The highest BCUT2D eigenvalue weighted by Crippen LogP contribution is 2.47. The minimum Gasteiger partial charge on any atom is -0.456 e. The van der Waals surface area contributed by atoms with E-state index in [0.717, 1.165) is 88.8 Å². The number of furan rings is 2. The molecule has 12 rings (SSSR count). The second-order valence-corrected chi connectivity index (χ2v) is 20.6. The van der Waals surface area contributed by atoms with Crippen molar-refractivity contribution in [1.82, 2.24) is 0 Å². The van der Waals surface area contributed by atoms with Gasteiger partial charge in [-0.15, -0.1) is 0 Å². The van der Waals surface area contributed by atoms with Crippen molar-refractivity contribution in [3.63, 3.8) is 0 Å². The molecule has 2 aromatic heterocycles. The lowest BCUT2D eigenvalue weighted by Gasteiger charge is -2.29. The Hall–Kier alpha value is -8.14. The lowest BCUT2D eigenvalue weighted by Crippen LogP contribution is -2.16. The molecule has 0 aliphatic carbocycles. The summed E-state index contributed by atoms with van der Waals surface area (Å²) in [6.45, 7) is 13.9. The van der Waals surface area contributed by atoms with Gasteiger partial charge in [0.1, 0.15) is 22.3 Å². The molecular formula is C66H53NO2. The van der Waals surface area contributed by atoms with E-state index in [1.54, 1.807) is 0 Å². The molecule has 0 saturated heterocycles. The van der Waals surface area contributed by atoms with Gasteiger partial charge in [-0.25, -0.2) is 0 Å². The van der Waals surface area contributed by atoms with Crippen LogP contribution >= 0.6 is 0 Å². The zero-order chi connectivity index (χ0) is 47.0. The Morgan fingerprint density at radius 2 is 0.768 bits per heavy atom. The molecule has 0 bridgehead atoms. The lowest BCUT2D eigenvalue weighted by atomic mass is 9.78. The van der Waals surface area contributed by atoms with Gasteiger partial charge < -0.3 is 13.7 Å². The second-order valence-electron chi connectivity index (χ2n) is 20.6. The molecule has 334 valence electrons. The largest absolute Gasteiger partial charge is 0.456 e. The normalized spacial score (nSPS) is 12.2. The number of rotatable bonds is 7. The Bertz CT molecular complexity index is 3750. The lowest BCUT2D eigenvalue weighted by molar-refractivity contribution is 0.569. The molecule has 69 heavy (non-hydrogen) atoms. The first-order valence-corrected chi connectivity index (χ1v) is 24.1. The number of anilines is 3. The van der Waals surface area contributed by atoms with E-state index in [2.05, 4.69) is 234 Å². The maximum Gasteiger partial charge on any atom is 0.135 e. The number of hydrogen-bond donors (Lipinski definition) is 0. The Balaban J connectivity index is 1.07. The predicted molar refractivity (Wildman–Crippen MR) is 292 cm³/mol. The van der Waals surface area contributed by atoms with Crippen LogP contribution in [0.3, 0.4) is 0 Å². The summed E-state index contributed by atoms with van der Waals surface area (Å²) < 4.78 is 12.5. The molecule has 0 amide bonds. The highest BCUT2D eigenvalue weighted by atomic mass is 16.3. The van der Waals surface area contributed by atoms with E-state index in [0.29, 0.717) is 0 Å². The standard InChI is InChI=1S/C66H53NO2/c1-65(2,3)48-35-47(36-49(41-48)66(4,5)6)52-26-15-17-42-18-16-27-56(64(42)52)53-23-7-10-28-59(53)67(50-21-13-19-43(37-50)45-31-33-62-57(39-45)54-24-8-11-29-60(54)68-62)51-22-14-20-44(38-51)46-32-34-63-58(40-46)55-25-9-12-30-61(55)69-63/h7-41H,1-6H3. The predicted octanol–water partition coefficient (Wildman–Crippen LogP) is 19.4. The van der Waals surface area contributed by atoms with Gasteiger partial charge in [-0.05, 0) is 138 Å². The molecule has 3 heteroatoms. The summed E-state index contributed by atoms with van der Waals surface area (Å²) in [4.78, 5) is 2.44. The van der Waals surface area contributed by atoms with Crippen LogP contribution in [0.4, 0.5) is 17.1 Å². The van der Waals surface area contributed by atoms with Crippen LogP contribution in [0.1, 0.15) is 52.7 Å². The van der Waals surface area contributed by atoms with Gasteiger partial charge in [0.15, 0.2) is 0 Å². The third-order valence-electron chi connectivity index (χ3n) is 13.9. The van der Waals surface area contributed by atoms with E-state index in [9.17, 15) is 0 Å². The van der Waals surface area contributed by atoms with Crippen LogP contribution in [0.5, 0.6) is 0 Å². The van der Waals surface area contributed by atoms with Crippen molar-refractivity contribution >= 4 is 71.7 Å². The molecule has 0 saturated carbocycles. The van der Waals surface area contributed by atoms with Crippen molar-refractivity contribution in [1.29, 1.82) is 0 Å². The zero-order valence-electron chi connectivity index (χ0n) is 40.0. The van der Waals surface area contributed by atoms with E-state index in [-0.39, 0.29) is 10.8 Å². The maximum atomic E-state index is 6.26. The van der Waals surface area contributed by atoms with Crippen LogP contribution in [0.15, 0.2) is 221 Å². The minimum absolute atomic E-state index is 0.0181. The maximum absolute atomic E-state index is 6.26. The Labute approximate surface area is 403 Å². The molecule has 0 N–H and O–H groups in total. The van der Waals surface area contributed by atoms with Gasteiger partial charge >= 0.3 is 0 Å². The van der Waals surface area contributed by atoms with Gasteiger partial charge in [0.25, 0.3) is 0 Å². The van der Waals surface area contributed by atoms with Crippen LogP contribution < -0.4 is 4.90 Å². The van der Waals surface area contributed by atoms with Crippen molar-refractivity contribution in [3.05, 3.63) is 223 Å². The molecule has 0 atom stereocenters. The summed E-state index contributed by atoms with van der Waals surface area (Å²) >= 11 is 0. The molecule has 12 aromatic rings. The average molecular weight is 892 g/mol. The quantitative estimate of drug-likeness (QED) is 0.160. The van der Waals surface area contributed by atoms with Crippen LogP contribution in [0.2, 0.25) is 0 Å². The first-order valence-electron chi connectivity index (χ1n) is 24.1. The fraction of sp³-hybridized carbons (Fsp3) is 0.121. The van der Waals surface area contributed by atoms with Gasteiger partial charge in [0.05, 0.1) is 5.69 Å². The third kappa shape index (κ3) is 7.56. The minimum atomic E-state index is -0.0181. The molecule has 0 spiro atoms. The van der Waals surface area contributed by atoms with Crippen molar-refractivity contribution in [2.24, 2.45) is 0 Å². The molecule has 3 nitrogen and oxygen atoms in total. The Kier molecular flexibility index (Phi) is 9.97. The Morgan fingerprint density at radius 1 is 0.319 bits per heavy atom. The van der Waals surface area contributed by atoms with E-state index < -0.39 is 0 Å². The monoisotopic (exact) mass is 891 g/mol. The molecular weight excluding hydrogens is 839 g/mol. The van der Waals surface area contributed by atoms with Crippen molar-refractivity contribution in [2.75, 3.05) is 4.90 Å². The van der Waals surface area contributed by atoms with Gasteiger partial charge in [0, 0.05) is 38.5 Å². The second kappa shape index (κ2) is 16.3. The first kappa shape index (κ1) is 42.2. The summed E-state index contributed by atoms with van der Waals surface area (Å²) in [5, 5.41) is 6.91. The number of hydrogen-bond acceptors (Lipinski definition) is 3. The third-order valence-corrected chi connectivity index (χ3v) is 13.9. The van der Waals surface area contributed by atoms with E-state index >= 15 is 0 Å². The zero-order valence-corrected chi connectivity index (χ0v) is 40.0. The number of para-hydroxylation sites is 3. The van der Waals surface area contributed by atoms with Gasteiger partial charge in [-0.2, -0.15) is 0 Å². The smallest absolute Gasteiger partial charge is 0.135 e. The summed E-state index contributed by atoms with van der Waals surface area (Å²) in [5.74, 6) is 0.